The highest BCUT2D eigenvalue weighted by atomic mass is 15.6. The Labute approximate surface area is 154 Å². The molecule has 26 heavy (non-hydrogen) atoms. The smallest absolute Gasteiger partial charge is 0.204 e. The predicted octanol–water partition coefficient (Wildman–Crippen LogP) is 2.42. The maximum absolute atomic E-state index is 4.53. The zero-order chi connectivity index (χ0) is 17.8. The Kier molecular flexibility index (Phi) is 5.04. The standard InChI is InChI=1S/C20H24N6/c1-17-7-9-19(10-8-17)20-21-23-26(22-20)16-25-13-11-24(12-14-25)15-18-5-3-2-4-6-18/h2-10H,11-16H2,1H3. The van der Waals surface area contributed by atoms with Crippen LogP contribution in [0, 0.1) is 6.92 Å². The van der Waals surface area contributed by atoms with E-state index in [1.54, 1.807) is 4.80 Å². The van der Waals surface area contributed by atoms with Gasteiger partial charge in [-0.25, -0.2) is 0 Å². The van der Waals surface area contributed by atoms with Gasteiger partial charge in [0.2, 0.25) is 5.82 Å². The Morgan fingerprint density at radius 1 is 0.846 bits per heavy atom. The Morgan fingerprint density at radius 2 is 1.54 bits per heavy atom. The van der Waals surface area contributed by atoms with Crippen molar-refractivity contribution in [1.82, 2.24) is 30.0 Å². The van der Waals surface area contributed by atoms with Crippen LogP contribution < -0.4 is 0 Å². The van der Waals surface area contributed by atoms with Gasteiger partial charge in [-0.2, -0.15) is 0 Å². The molecule has 0 unspecified atom stereocenters. The first kappa shape index (κ1) is 16.9. The van der Waals surface area contributed by atoms with Crippen LogP contribution in [0.25, 0.3) is 11.4 Å². The second kappa shape index (κ2) is 7.76. The molecule has 0 spiro atoms. The summed E-state index contributed by atoms with van der Waals surface area (Å²) in [7, 11) is 0. The van der Waals surface area contributed by atoms with E-state index in [-0.39, 0.29) is 0 Å². The second-order valence-electron chi connectivity index (χ2n) is 6.87. The molecule has 3 aromatic rings. The molecule has 1 saturated heterocycles. The van der Waals surface area contributed by atoms with Crippen LogP contribution in [0.15, 0.2) is 54.6 Å². The molecule has 1 aliphatic heterocycles. The normalized spacial score (nSPS) is 16.0. The molecule has 0 bridgehead atoms. The number of rotatable bonds is 5. The first-order valence-electron chi connectivity index (χ1n) is 9.10. The van der Waals surface area contributed by atoms with Crippen molar-refractivity contribution in [3.05, 3.63) is 65.7 Å². The summed E-state index contributed by atoms with van der Waals surface area (Å²) in [5.74, 6) is 0.688. The van der Waals surface area contributed by atoms with Crippen molar-refractivity contribution < 1.29 is 0 Å². The molecular weight excluding hydrogens is 324 g/mol. The van der Waals surface area contributed by atoms with E-state index in [1.807, 2.05) is 12.1 Å². The third-order valence-corrected chi connectivity index (χ3v) is 4.80. The van der Waals surface area contributed by atoms with Crippen LogP contribution in [-0.4, -0.2) is 56.2 Å². The highest BCUT2D eigenvalue weighted by Gasteiger charge is 2.18. The monoisotopic (exact) mass is 348 g/mol. The summed E-state index contributed by atoms with van der Waals surface area (Å²) < 4.78 is 0. The fourth-order valence-electron chi connectivity index (χ4n) is 3.23. The maximum atomic E-state index is 4.53. The van der Waals surface area contributed by atoms with Gasteiger partial charge in [0.1, 0.15) is 6.67 Å². The van der Waals surface area contributed by atoms with E-state index in [1.165, 1.54) is 11.1 Å². The van der Waals surface area contributed by atoms with Gasteiger partial charge in [0, 0.05) is 38.3 Å². The molecule has 134 valence electrons. The number of aryl methyl sites for hydroxylation is 1. The SMILES string of the molecule is Cc1ccc(-c2nnn(CN3CCN(Cc4ccccc4)CC3)n2)cc1. The van der Waals surface area contributed by atoms with Gasteiger partial charge >= 0.3 is 0 Å². The Morgan fingerprint density at radius 3 is 2.27 bits per heavy atom. The predicted molar refractivity (Wildman–Crippen MR) is 101 cm³/mol. The Bertz CT molecular complexity index is 819. The van der Waals surface area contributed by atoms with Crippen LogP contribution in [0.4, 0.5) is 0 Å². The molecule has 0 N–H and O–H groups in total. The van der Waals surface area contributed by atoms with E-state index in [2.05, 4.69) is 74.6 Å². The third-order valence-electron chi connectivity index (χ3n) is 4.80. The number of tetrazole rings is 1. The number of benzene rings is 2. The summed E-state index contributed by atoms with van der Waals surface area (Å²) in [4.78, 5) is 6.57. The number of aromatic nitrogens is 4. The van der Waals surface area contributed by atoms with Crippen molar-refractivity contribution >= 4 is 0 Å². The van der Waals surface area contributed by atoms with Crippen molar-refractivity contribution in [3.8, 4) is 11.4 Å². The van der Waals surface area contributed by atoms with Crippen LogP contribution in [0.2, 0.25) is 0 Å². The van der Waals surface area contributed by atoms with E-state index in [0.717, 1.165) is 38.3 Å². The average Bonchev–Trinajstić information content (AvgIpc) is 3.13. The van der Waals surface area contributed by atoms with Gasteiger partial charge in [0.15, 0.2) is 0 Å². The lowest BCUT2D eigenvalue weighted by atomic mass is 10.1. The van der Waals surface area contributed by atoms with E-state index in [0.29, 0.717) is 12.5 Å². The Balaban J connectivity index is 1.30. The largest absolute Gasteiger partial charge is 0.297 e. The van der Waals surface area contributed by atoms with E-state index in [4.69, 9.17) is 0 Å². The van der Waals surface area contributed by atoms with Gasteiger partial charge in [-0.05, 0) is 17.7 Å². The maximum Gasteiger partial charge on any atom is 0.204 e. The van der Waals surface area contributed by atoms with Crippen LogP contribution in [0.1, 0.15) is 11.1 Å². The molecule has 0 amide bonds. The molecule has 6 heteroatoms. The molecular formula is C20H24N6. The molecule has 0 saturated carbocycles. The van der Waals surface area contributed by atoms with Crippen molar-refractivity contribution in [1.29, 1.82) is 0 Å². The molecule has 0 aliphatic carbocycles. The zero-order valence-electron chi connectivity index (χ0n) is 15.1. The van der Waals surface area contributed by atoms with Gasteiger partial charge in [0.05, 0.1) is 0 Å². The summed E-state index contributed by atoms with van der Waals surface area (Å²) in [5.41, 5.74) is 3.62. The lowest BCUT2D eigenvalue weighted by Gasteiger charge is -2.34. The molecule has 2 aromatic carbocycles. The first-order chi connectivity index (χ1) is 12.8. The van der Waals surface area contributed by atoms with Gasteiger partial charge in [-0.3, -0.25) is 9.80 Å². The molecule has 6 nitrogen and oxygen atoms in total. The number of nitrogens with zero attached hydrogens (tertiary/aromatic N) is 6. The molecule has 0 atom stereocenters. The topological polar surface area (TPSA) is 50.1 Å². The minimum Gasteiger partial charge on any atom is -0.297 e. The number of piperazine rings is 1. The lowest BCUT2D eigenvalue weighted by Crippen LogP contribution is -2.46. The van der Waals surface area contributed by atoms with Gasteiger partial charge in [-0.15, -0.1) is 15.0 Å². The van der Waals surface area contributed by atoms with E-state index < -0.39 is 0 Å². The minimum atomic E-state index is 0.688. The van der Waals surface area contributed by atoms with Crippen molar-refractivity contribution in [3.63, 3.8) is 0 Å². The highest BCUT2D eigenvalue weighted by molar-refractivity contribution is 5.53. The van der Waals surface area contributed by atoms with Crippen molar-refractivity contribution in [2.75, 3.05) is 26.2 Å². The molecule has 2 heterocycles. The molecule has 4 rings (SSSR count). The third kappa shape index (κ3) is 4.15. The van der Waals surface area contributed by atoms with Gasteiger partial charge in [0.25, 0.3) is 0 Å². The van der Waals surface area contributed by atoms with Crippen LogP contribution >= 0.6 is 0 Å². The fourth-order valence-corrected chi connectivity index (χ4v) is 3.23. The number of hydrogen-bond acceptors (Lipinski definition) is 5. The summed E-state index contributed by atoms with van der Waals surface area (Å²) in [6, 6.07) is 18.9. The fraction of sp³-hybridized carbons (Fsp3) is 0.350. The van der Waals surface area contributed by atoms with Crippen LogP contribution in [0.5, 0.6) is 0 Å². The van der Waals surface area contributed by atoms with Crippen molar-refractivity contribution in [2.24, 2.45) is 0 Å². The first-order valence-corrected chi connectivity index (χ1v) is 9.10. The summed E-state index contributed by atoms with van der Waals surface area (Å²) in [5, 5.41) is 12.9. The van der Waals surface area contributed by atoms with Crippen molar-refractivity contribution in [2.45, 2.75) is 20.1 Å². The summed E-state index contributed by atoms with van der Waals surface area (Å²) in [6.07, 6.45) is 0. The van der Waals surface area contributed by atoms with Gasteiger partial charge < -0.3 is 0 Å². The Hall–Kier alpha value is -2.57. The second-order valence-corrected chi connectivity index (χ2v) is 6.87. The molecule has 0 radical (unpaired) electrons. The molecule has 1 fully saturated rings. The molecule has 1 aliphatic rings. The van der Waals surface area contributed by atoms with E-state index >= 15 is 0 Å². The average molecular weight is 348 g/mol. The summed E-state index contributed by atoms with van der Waals surface area (Å²) in [6.45, 7) is 7.96. The van der Waals surface area contributed by atoms with Crippen LogP contribution in [0.3, 0.4) is 0 Å². The van der Waals surface area contributed by atoms with E-state index in [9.17, 15) is 0 Å². The minimum absolute atomic E-state index is 0.688. The lowest BCUT2D eigenvalue weighted by molar-refractivity contribution is 0.0930. The quantitative estimate of drug-likeness (QED) is 0.709. The zero-order valence-corrected chi connectivity index (χ0v) is 15.1. The van der Waals surface area contributed by atoms with Gasteiger partial charge in [-0.1, -0.05) is 60.2 Å². The number of hydrogen-bond donors (Lipinski definition) is 0. The highest BCUT2D eigenvalue weighted by Crippen LogP contribution is 2.14. The molecule has 1 aromatic heterocycles. The summed E-state index contributed by atoms with van der Waals surface area (Å²) >= 11 is 0. The van der Waals surface area contributed by atoms with Crippen LogP contribution in [-0.2, 0) is 13.2 Å².